The van der Waals surface area contributed by atoms with Crippen LogP contribution in [0, 0.1) is 0 Å². The average Bonchev–Trinajstić information content (AvgIpc) is 2.66. The number of esters is 2. The van der Waals surface area contributed by atoms with Gasteiger partial charge in [-0.2, -0.15) is 0 Å². The van der Waals surface area contributed by atoms with Gasteiger partial charge in [0.05, 0.1) is 11.6 Å². The molecule has 0 heterocycles. The van der Waals surface area contributed by atoms with Crippen LogP contribution < -0.4 is 4.74 Å². The fourth-order valence-electron chi connectivity index (χ4n) is 2.76. The van der Waals surface area contributed by atoms with Gasteiger partial charge in [0.25, 0.3) is 0 Å². The van der Waals surface area contributed by atoms with E-state index in [0.29, 0.717) is 35.2 Å². The number of unbranched alkanes of at least 4 members (excludes halogenated alkanes) is 8. The SMILES string of the molecule is CCCCCCOC(=O)CCCCCCCCC(=O)Oc1ccc(Cl)cc1Cl. The lowest BCUT2D eigenvalue weighted by molar-refractivity contribution is -0.144. The maximum absolute atomic E-state index is 11.8. The van der Waals surface area contributed by atoms with Gasteiger partial charge in [-0.1, -0.05) is 75.1 Å². The number of ether oxygens (including phenoxy) is 2. The highest BCUT2D eigenvalue weighted by atomic mass is 35.5. The van der Waals surface area contributed by atoms with Crippen LogP contribution in [0.1, 0.15) is 84.0 Å². The molecule has 0 amide bonds. The van der Waals surface area contributed by atoms with Crippen LogP contribution in [0.3, 0.4) is 0 Å². The van der Waals surface area contributed by atoms with Gasteiger partial charge in [-0.05, 0) is 37.5 Å². The Labute approximate surface area is 178 Å². The third-order valence-corrected chi connectivity index (χ3v) is 4.92. The molecule has 0 saturated carbocycles. The molecule has 0 radical (unpaired) electrons. The van der Waals surface area contributed by atoms with E-state index in [9.17, 15) is 9.59 Å². The Hall–Kier alpha value is -1.26. The zero-order valence-electron chi connectivity index (χ0n) is 16.8. The van der Waals surface area contributed by atoms with Crippen molar-refractivity contribution in [2.45, 2.75) is 84.0 Å². The molecule has 28 heavy (non-hydrogen) atoms. The fourth-order valence-corrected chi connectivity index (χ4v) is 3.21. The largest absolute Gasteiger partial charge is 0.466 e. The molecule has 0 unspecified atom stereocenters. The third kappa shape index (κ3) is 12.2. The van der Waals surface area contributed by atoms with Gasteiger partial charge in [-0.3, -0.25) is 9.59 Å². The Morgan fingerprint density at radius 1 is 0.821 bits per heavy atom. The normalized spacial score (nSPS) is 10.7. The molecule has 4 nitrogen and oxygen atoms in total. The highest BCUT2D eigenvalue weighted by Gasteiger charge is 2.09. The van der Waals surface area contributed by atoms with E-state index >= 15 is 0 Å². The fraction of sp³-hybridized carbons (Fsp3) is 0.636. The molecule has 0 fully saturated rings. The van der Waals surface area contributed by atoms with Gasteiger partial charge >= 0.3 is 11.9 Å². The molecule has 0 aliphatic heterocycles. The summed E-state index contributed by atoms with van der Waals surface area (Å²) in [7, 11) is 0. The highest BCUT2D eigenvalue weighted by Crippen LogP contribution is 2.27. The number of carbonyl (C=O) groups excluding carboxylic acids is 2. The molecule has 6 heteroatoms. The minimum atomic E-state index is -0.286. The molecule has 0 spiro atoms. The number of halogens is 2. The van der Waals surface area contributed by atoms with Crippen LogP contribution in [0.4, 0.5) is 0 Å². The van der Waals surface area contributed by atoms with E-state index in [1.165, 1.54) is 12.8 Å². The number of carbonyl (C=O) groups is 2. The molecule has 0 aliphatic carbocycles. The summed E-state index contributed by atoms with van der Waals surface area (Å²) < 4.78 is 10.5. The molecule has 1 aromatic rings. The molecular weight excluding hydrogens is 399 g/mol. The summed E-state index contributed by atoms with van der Waals surface area (Å²) in [5, 5.41) is 0.838. The smallest absolute Gasteiger partial charge is 0.311 e. The van der Waals surface area contributed by atoms with Crippen molar-refractivity contribution in [2.75, 3.05) is 6.61 Å². The number of rotatable bonds is 15. The van der Waals surface area contributed by atoms with Crippen LogP contribution in [-0.4, -0.2) is 18.5 Å². The van der Waals surface area contributed by atoms with Crippen LogP contribution in [-0.2, 0) is 14.3 Å². The predicted molar refractivity (Wildman–Crippen MR) is 114 cm³/mol. The summed E-state index contributed by atoms with van der Waals surface area (Å²) in [6, 6.07) is 4.78. The maximum Gasteiger partial charge on any atom is 0.311 e. The summed E-state index contributed by atoms with van der Waals surface area (Å²) in [6.45, 7) is 2.71. The van der Waals surface area contributed by atoms with Gasteiger partial charge in [0.2, 0.25) is 0 Å². The number of hydrogen-bond donors (Lipinski definition) is 0. The zero-order valence-corrected chi connectivity index (χ0v) is 18.3. The van der Waals surface area contributed by atoms with Crippen molar-refractivity contribution in [3.8, 4) is 5.75 Å². The molecule has 0 aromatic heterocycles. The van der Waals surface area contributed by atoms with Gasteiger partial charge in [0.1, 0.15) is 5.75 Å². The van der Waals surface area contributed by atoms with Gasteiger partial charge in [0.15, 0.2) is 0 Å². The van der Waals surface area contributed by atoms with E-state index in [1.807, 2.05) is 0 Å². The molecule has 1 rings (SSSR count). The quantitative estimate of drug-likeness (QED) is 0.168. The molecule has 0 atom stereocenters. The van der Waals surface area contributed by atoms with Crippen molar-refractivity contribution in [1.82, 2.24) is 0 Å². The second-order valence-electron chi connectivity index (χ2n) is 6.95. The zero-order chi connectivity index (χ0) is 20.6. The summed E-state index contributed by atoms with van der Waals surface area (Å²) in [5.41, 5.74) is 0. The van der Waals surface area contributed by atoms with Crippen molar-refractivity contribution in [1.29, 1.82) is 0 Å². The van der Waals surface area contributed by atoms with Crippen LogP contribution in [0.5, 0.6) is 5.75 Å². The predicted octanol–water partition coefficient (Wildman–Crippen LogP) is 7.14. The standard InChI is InChI=1S/C22H32Cl2O4/c1-2-3-4-11-16-27-21(25)12-9-7-5-6-8-10-13-22(26)28-20-15-14-18(23)17-19(20)24/h14-15,17H,2-13,16H2,1H3. The van der Waals surface area contributed by atoms with E-state index < -0.39 is 0 Å². The lowest BCUT2D eigenvalue weighted by atomic mass is 10.1. The van der Waals surface area contributed by atoms with Crippen molar-refractivity contribution < 1.29 is 19.1 Å². The molecule has 1 aromatic carbocycles. The Morgan fingerprint density at radius 3 is 2.07 bits per heavy atom. The summed E-state index contributed by atoms with van der Waals surface area (Å²) in [5.74, 6) is -0.0284. The van der Waals surface area contributed by atoms with Crippen molar-refractivity contribution >= 4 is 35.1 Å². The van der Waals surface area contributed by atoms with Crippen LogP contribution in [0.2, 0.25) is 10.0 Å². The van der Waals surface area contributed by atoms with Gasteiger partial charge < -0.3 is 9.47 Å². The molecule has 0 N–H and O–H groups in total. The monoisotopic (exact) mass is 430 g/mol. The minimum Gasteiger partial charge on any atom is -0.466 e. The lowest BCUT2D eigenvalue weighted by Crippen LogP contribution is -2.07. The Kier molecular flexibility index (Phi) is 13.8. The molecule has 0 bridgehead atoms. The minimum absolute atomic E-state index is 0.0832. The van der Waals surface area contributed by atoms with Crippen molar-refractivity contribution in [2.24, 2.45) is 0 Å². The average molecular weight is 431 g/mol. The van der Waals surface area contributed by atoms with Crippen LogP contribution in [0.25, 0.3) is 0 Å². The lowest BCUT2D eigenvalue weighted by Gasteiger charge is -2.06. The Bertz CT molecular complexity index is 590. The second-order valence-corrected chi connectivity index (χ2v) is 7.79. The molecule has 0 aliphatic rings. The molecular formula is C22H32Cl2O4. The first-order valence-electron chi connectivity index (χ1n) is 10.3. The number of hydrogen-bond acceptors (Lipinski definition) is 4. The van der Waals surface area contributed by atoms with Crippen LogP contribution in [0.15, 0.2) is 18.2 Å². The summed E-state index contributed by atoms with van der Waals surface area (Å²) in [6.07, 6.45) is 11.1. The van der Waals surface area contributed by atoms with Crippen molar-refractivity contribution in [3.63, 3.8) is 0 Å². The first-order chi connectivity index (χ1) is 13.5. The van der Waals surface area contributed by atoms with Crippen molar-refractivity contribution in [3.05, 3.63) is 28.2 Å². The van der Waals surface area contributed by atoms with E-state index in [2.05, 4.69) is 6.92 Å². The second kappa shape index (κ2) is 15.6. The van der Waals surface area contributed by atoms with Crippen LogP contribution >= 0.6 is 23.2 Å². The Morgan fingerprint density at radius 2 is 1.43 bits per heavy atom. The first-order valence-corrected chi connectivity index (χ1v) is 11.1. The molecule has 0 saturated heterocycles. The summed E-state index contributed by atoms with van der Waals surface area (Å²) >= 11 is 11.8. The first kappa shape index (κ1) is 24.8. The Balaban J connectivity index is 1.95. The number of benzene rings is 1. The summed E-state index contributed by atoms with van der Waals surface area (Å²) in [4.78, 5) is 23.4. The van der Waals surface area contributed by atoms with Gasteiger partial charge in [0, 0.05) is 17.9 Å². The topological polar surface area (TPSA) is 52.6 Å². The van der Waals surface area contributed by atoms with E-state index in [0.717, 1.165) is 51.4 Å². The van der Waals surface area contributed by atoms with E-state index in [4.69, 9.17) is 32.7 Å². The van der Waals surface area contributed by atoms with Gasteiger partial charge in [-0.15, -0.1) is 0 Å². The van der Waals surface area contributed by atoms with Gasteiger partial charge in [-0.25, -0.2) is 0 Å². The molecule has 158 valence electrons. The third-order valence-electron chi connectivity index (χ3n) is 4.39. The van der Waals surface area contributed by atoms with E-state index in [-0.39, 0.29) is 11.9 Å². The highest BCUT2D eigenvalue weighted by molar-refractivity contribution is 6.35. The maximum atomic E-state index is 11.8. The van der Waals surface area contributed by atoms with E-state index in [1.54, 1.807) is 18.2 Å².